The zero-order valence-electron chi connectivity index (χ0n) is 15.2. The van der Waals surface area contributed by atoms with Gasteiger partial charge in [-0.05, 0) is 37.1 Å². The summed E-state index contributed by atoms with van der Waals surface area (Å²) in [6, 6.07) is 14.9. The van der Waals surface area contributed by atoms with Crippen molar-refractivity contribution >= 4 is 21.3 Å². The molecule has 0 fully saturated rings. The van der Waals surface area contributed by atoms with Gasteiger partial charge >= 0.3 is 0 Å². The molecule has 7 heteroatoms. The molecule has 0 bridgehead atoms. The van der Waals surface area contributed by atoms with Gasteiger partial charge in [0.2, 0.25) is 4.90 Å². The Morgan fingerprint density at radius 1 is 1.15 bits per heavy atom. The number of aryl methyl sites for hydroxylation is 1. The first-order valence-electron chi connectivity index (χ1n) is 8.41. The fourth-order valence-electron chi connectivity index (χ4n) is 2.33. The predicted molar refractivity (Wildman–Crippen MR) is 102 cm³/mol. The van der Waals surface area contributed by atoms with Crippen molar-refractivity contribution in [3.8, 4) is 5.75 Å². The van der Waals surface area contributed by atoms with Crippen LogP contribution in [0.3, 0.4) is 0 Å². The van der Waals surface area contributed by atoms with Crippen LogP contribution >= 0.6 is 0 Å². The van der Waals surface area contributed by atoms with Crippen molar-refractivity contribution in [3.63, 3.8) is 0 Å². The van der Waals surface area contributed by atoms with E-state index < -0.39 is 21.3 Å². The van der Waals surface area contributed by atoms with Crippen LogP contribution in [0.15, 0.2) is 58.3 Å². The van der Waals surface area contributed by atoms with Crippen molar-refractivity contribution in [2.24, 2.45) is 0 Å². The van der Waals surface area contributed by atoms with Gasteiger partial charge in [-0.1, -0.05) is 31.2 Å². The van der Waals surface area contributed by atoms with Gasteiger partial charge in [0.05, 0.1) is 19.0 Å². The maximum Gasteiger partial charge on any atom is 0.264 e. The van der Waals surface area contributed by atoms with Crippen molar-refractivity contribution < 1.29 is 21.9 Å². The Bertz CT molecular complexity index is 806. The molecule has 0 aromatic heterocycles. The molecule has 0 N–H and O–H groups in total. The number of hydrogen-bond donors (Lipinski definition) is 0. The van der Waals surface area contributed by atoms with Gasteiger partial charge in [0, 0.05) is 23.7 Å². The predicted octanol–water partition coefficient (Wildman–Crippen LogP) is 3.55. The zero-order valence-corrected chi connectivity index (χ0v) is 16.8. The molecule has 2 atom stereocenters. The van der Waals surface area contributed by atoms with Crippen molar-refractivity contribution in [2.45, 2.75) is 42.6 Å². The molecule has 0 heterocycles. The third-order valence-corrected chi connectivity index (χ3v) is 5.74. The maximum absolute atomic E-state index is 13.0. The molecule has 0 aliphatic carbocycles. The third-order valence-electron chi connectivity index (χ3n) is 3.72. The Hall–Kier alpha value is -1.54. The van der Waals surface area contributed by atoms with Crippen LogP contribution in [-0.4, -0.2) is 31.9 Å². The van der Waals surface area contributed by atoms with E-state index in [1.54, 1.807) is 0 Å². The fraction of sp³-hybridized carbons (Fsp3) is 0.368. The second-order valence-electron chi connectivity index (χ2n) is 5.96. The van der Waals surface area contributed by atoms with Crippen LogP contribution in [0.5, 0.6) is 5.75 Å². The van der Waals surface area contributed by atoms with Gasteiger partial charge in [0.15, 0.2) is 10.6 Å². The summed E-state index contributed by atoms with van der Waals surface area (Å²) in [7, 11) is -3.46. The normalized spacial score (nSPS) is 14.0. The summed E-state index contributed by atoms with van der Waals surface area (Å²) in [5.74, 6) is 0.538. The van der Waals surface area contributed by atoms with E-state index in [1.807, 2.05) is 62.4 Å². The van der Waals surface area contributed by atoms with Crippen LogP contribution in [0.1, 0.15) is 25.8 Å². The minimum absolute atomic E-state index is 0.0458. The third kappa shape index (κ3) is 6.32. The van der Waals surface area contributed by atoms with Gasteiger partial charge in [-0.3, -0.25) is 4.18 Å². The summed E-state index contributed by atoms with van der Waals surface area (Å²) in [4.78, 5) is 1.32. The van der Waals surface area contributed by atoms with Crippen molar-refractivity contribution in [1.82, 2.24) is 0 Å². The monoisotopic (exact) mass is 396 g/mol. The number of ether oxygens (including phenoxy) is 1. The highest BCUT2D eigenvalue weighted by Crippen LogP contribution is 2.31. The highest BCUT2D eigenvalue weighted by molar-refractivity contribution is 7.91. The summed E-state index contributed by atoms with van der Waals surface area (Å²) >= 11 is -1.36. The first-order valence-corrected chi connectivity index (χ1v) is 11.4. The Labute approximate surface area is 158 Å². The first kappa shape index (κ1) is 20.8. The molecule has 0 aliphatic heterocycles. The van der Waals surface area contributed by atoms with E-state index in [-0.39, 0.29) is 12.7 Å². The number of rotatable bonds is 9. The molecule has 0 saturated heterocycles. The van der Waals surface area contributed by atoms with Crippen LogP contribution in [0, 0.1) is 0 Å². The first-order chi connectivity index (χ1) is 12.3. The quantitative estimate of drug-likeness (QED) is 0.479. The van der Waals surface area contributed by atoms with E-state index in [2.05, 4.69) is 0 Å². The lowest BCUT2D eigenvalue weighted by Crippen LogP contribution is -2.18. The molecule has 2 rings (SSSR count). The smallest absolute Gasteiger partial charge is 0.264 e. The second kappa shape index (κ2) is 9.41. The largest absolute Gasteiger partial charge is 0.606 e. The highest BCUT2D eigenvalue weighted by atomic mass is 32.2. The Morgan fingerprint density at radius 2 is 1.85 bits per heavy atom. The standard InChI is InChI=1S/C19H24O5S2/c1-4-16-10-11-18(24-15(2)12-13-23-26(3,21)22)19(14-16)25(20)17-8-6-5-7-9-17/h5-11,14-15H,4,12-13H2,1-3H3/t15-,25+/m1/s1. The van der Waals surface area contributed by atoms with Crippen LogP contribution in [0.4, 0.5) is 0 Å². The van der Waals surface area contributed by atoms with Gasteiger partial charge in [0.25, 0.3) is 10.1 Å². The van der Waals surface area contributed by atoms with Crippen LogP contribution in [0.25, 0.3) is 0 Å². The molecule has 2 aromatic rings. The molecule has 0 aliphatic rings. The molecule has 2 aromatic carbocycles. The second-order valence-corrected chi connectivity index (χ2v) is 9.05. The minimum Gasteiger partial charge on any atom is -0.606 e. The topological polar surface area (TPSA) is 75.7 Å². The van der Waals surface area contributed by atoms with E-state index in [9.17, 15) is 13.0 Å². The Morgan fingerprint density at radius 3 is 2.46 bits per heavy atom. The molecule has 0 radical (unpaired) electrons. The van der Waals surface area contributed by atoms with Crippen molar-refractivity contribution in [2.75, 3.05) is 12.9 Å². The van der Waals surface area contributed by atoms with E-state index in [4.69, 9.17) is 8.92 Å². The molecule has 142 valence electrons. The van der Waals surface area contributed by atoms with Crippen molar-refractivity contribution in [3.05, 3.63) is 54.1 Å². The minimum atomic E-state index is -3.46. The molecular weight excluding hydrogens is 372 g/mol. The molecule has 26 heavy (non-hydrogen) atoms. The van der Waals surface area contributed by atoms with E-state index in [1.165, 1.54) is 0 Å². The lowest BCUT2D eigenvalue weighted by Gasteiger charge is -2.19. The van der Waals surface area contributed by atoms with Crippen LogP contribution < -0.4 is 4.74 Å². The number of hydrogen-bond acceptors (Lipinski definition) is 5. The average Bonchev–Trinajstić information content (AvgIpc) is 2.61. The Kier molecular flexibility index (Phi) is 7.52. The molecule has 0 spiro atoms. The SMILES string of the molecule is CCc1ccc(O[C@H](C)CCOS(C)(=O)=O)c([S@@+]([O-])c2ccccc2)c1. The van der Waals surface area contributed by atoms with E-state index in [0.717, 1.165) is 18.2 Å². The highest BCUT2D eigenvalue weighted by Gasteiger charge is 2.22. The van der Waals surface area contributed by atoms with E-state index >= 15 is 0 Å². The lowest BCUT2D eigenvalue weighted by molar-refractivity contribution is 0.176. The summed E-state index contributed by atoms with van der Waals surface area (Å²) in [5, 5.41) is 0. The zero-order chi connectivity index (χ0) is 19.2. The van der Waals surface area contributed by atoms with Gasteiger partial charge in [0.1, 0.15) is 0 Å². The summed E-state index contributed by atoms with van der Waals surface area (Å²) in [6.07, 6.45) is 1.97. The van der Waals surface area contributed by atoms with Gasteiger partial charge < -0.3 is 9.29 Å². The van der Waals surface area contributed by atoms with Crippen LogP contribution in [-0.2, 0) is 31.9 Å². The summed E-state index contributed by atoms with van der Waals surface area (Å²) in [6.45, 7) is 3.91. The van der Waals surface area contributed by atoms with Gasteiger partial charge in [-0.25, -0.2) is 0 Å². The van der Waals surface area contributed by atoms with Gasteiger partial charge in [-0.2, -0.15) is 8.42 Å². The fourth-order valence-corrected chi connectivity index (χ4v) is 3.94. The van der Waals surface area contributed by atoms with E-state index in [0.29, 0.717) is 22.0 Å². The maximum atomic E-state index is 13.0. The molecule has 0 unspecified atom stereocenters. The Balaban J connectivity index is 2.17. The molecule has 0 saturated carbocycles. The average molecular weight is 397 g/mol. The number of benzene rings is 2. The molecule has 0 amide bonds. The summed E-state index contributed by atoms with van der Waals surface area (Å²) in [5.41, 5.74) is 1.07. The molecule has 5 nitrogen and oxygen atoms in total. The van der Waals surface area contributed by atoms with Crippen molar-refractivity contribution in [1.29, 1.82) is 0 Å². The molecular formula is C19H24O5S2. The lowest BCUT2D eigenvalue weighted by atomic mass is 10.1. The van der Waals surface area contributed by atoms with Gasteiger partial charge in [-0.15, -0.1) is 0 Å². The summed E-state index contributed by atoms with van der Waals surface area (Å²) < 4.78 is 45.8. The van der Waals surface area contributed by atoms with Crippen LogP contribution in [0.2, 0.25) is 0 Å².